The fraction of sp³-hybridized carbons (Fsp3) is 0.238. The summed E-state index contributed by atoms with van der Waals surface area (Å²) in [5.41, 5.74) is 6.17. The molecule has 0 bridgehead atoms. The molecule has 0 spiro atoms. The van der Waals surface area contributed by atoms with E-state index < -0.39 is 0 Å². The third-order valence-electron chi connectivity index (χ3n) is 4.26. The maximum atomic E-state index is 9.22. The predicted molar refractivity (Wildman–Crippen MR) is 96.3 cm³/mol. The van der Waals surface area contributed by atoms with Gasteiger partial charge in [-0.2, -0.15) is 0 Å². The summed E-state index contributed by atoms with van der Waals surface area (Å²) in [5.74, 6) is 0.339. The van der Waals surface area contributed by atoms with Crippen LogP contribution in [0.4, 0.5) is 0 Å². The number of nitrogens with zero attached hydrogens (tertiary/aromatic N) is 1. The predicted octanol–water partition coefficient (Wildman–Crippen LogP) is 3.99. The lowest BCUT2D eigenvalue weighted by molar-refractivity contribution is 0.282. The van der Waals surface area contributed by atoms with E-state index in [1.807, 2.05) is 12.1 Å². The van der Waals surface area contributed by atoms with Gasteiger partial charge in [0.15, 0.2) is 0 Å². The van der Waals surface area contributed by atoms with E-state index in [1.165, 1.54) is 22.3 Å². The second-order valence-electron chi connectivity index (χ2n) is 6.28. The van der Waals surface area contributed by atoms with E-state index in [9.17, 15) is 5.11 Å². The van der Waals surface area contributed by atoms with E-state index in [0.29, 0.717) is 5.92 Å². The molecule has 0 aliphatic heterocycles. The molecule has 2 nitrogen and oxygen atoms in total. The molecule has 0 saturated carbocycles. The lowest BCUT2D eigenvalue weighted by Gasteiger charge is -2.21. The molecule has 0 aromatic heterocycles. The Morgan fingerprint density at radius 1 is 1.00 bits per heavy atom. The maximum Gasteiger partial charge on any atom is 0.0681 e. The Kier molecular flexibility index (Phi) is 4.75. The SMILES string of the molecule is CN(C)CC1=CC=CC1c1ccccc1-c1ccc(CO)cc1. The largest absolute Gasteiger partial charge is 0.392 e. The van der Waals surface area contributed by atoms with Crippen molar-refractivity contribution in [3.8, 4) is 11.1 Å². The molecule has 2 heteroatoms. The zero-order chi connectivity index (χ0) is 16.2. The molecule has 0 heterocycles. The van der Waals surface area contributed by atoms with Crippen LogP contribution < -0.4 is 0 Å². The summed E-state index contributed by atoms with van der Waals surface area (Å²) in [6.45, 7) is 1.05. The van der Waals surface area contributed by atoms with Gasteiger partial charge in [-0.15, -0.1) is 0 Å². The average molecular weight is 305 g/mol. The fourth-order valence-electron chi connectivity index (χ4n) is 3.16. The van der Waals surface area contributed by atoms with Crippen LogP contribution >= 0.6 is 0 Å². The molecule has 23 heavy (non-hydrogen) atoms. The highest BCUT2D eigenvalue weighted by Gasteiger charge is 2.20. The minimum atomic E-state index is 0.0863. The highest BCUT2D eigenvalue weighted by Crippen LogP contribution is 2.36. The molecule has 1 aliphatic rings. The van der Waals surface area contributed by atoms with Gasteiger partial charge in [-0.05, 0) is 41.9 Å². The van der Waals surface area contributed by atoms with Gasteiger partial charge in [-0.25, -0.2) is 0 Å². The van der Waals surface area contributed by atoms with E-state index in [1.54, 1.807) is 0 Å². The molecular weight excluding hydrogens is 282 g/mol. The zero-order valence-corrected chi connectivity index (χ0v) is 13.7. The van der Waals surface area contributed by atoms with Crippen LogP contribution in [0.1, 0.15) is 17.0 Å². The topological polar surface area (TPSA) is 23.5 Å². The number of rotatable bonds is 5. The van der Waals surface area contributed by atoms with Crippen LogP contribution in [-0.2, 0) is 6.61 Å². The molecule has 1 atom stereocenters. The van der Waals surface area contributed by atoms with Crippen LogP contribution in [0.5, 0.6) is 0 Å². The Hall–Kier alpha value is -2.16. The van der Waals surface area contributed by atoms with E-state index >= 15 is 0 Å². The summed E-state index contributed by atoms with van der Waals surface area (Å²) in [5, 5.41) is 9.22. The third kappa shape index (κ3) is 3.44. The lowest BCUT2D eigenvalue weighted by Crippen LogP contribution is -2.17. The molecule has 2 aromatic rings. The van der Waals surface area contributed by atoms with Crippen LogP contribution in [0.25, 0.3) is 11.1 Å². The molecule has 0 radical (unpaired) electrons. The van der Waals surface area contributed by atoms with Gasteiger partial charge in [0.25, 0.3) is 0 Å². The van der Waals surface area contributed by atoms with Crippen molar-refractivity contribution in [1.29, 1.82) is 0 Å². The maximum absolute atomic E-state index is 9.22. The molecular formula is C21H23NO. The second kappa shape index (κ2) is 6.95. The van der Waals surface area contributed by atoms with Gasteiger partial charge in [0.2, 0.25) is 0 Å². The van der Waals surface area contributed by atoms with Crippen LogP contribution in [0.2, 0.25) is 0 Å². The van der Waals surface area contributed by atoms with Crippen molar-refractivity contribution < 1.29 is 5.11 Å². The Morgan fingerprint density at radius 3 is 2.43 bits per heavy atom. The molecule has 1 N–H and O–H groups in total. The average Bonchev–Trinajstić information content (AvgIpc) is 3.02. The Balaban J connectivity index is 1.97. The minimum absolute atomic E-state index is 0.0863. The normalized spacial score (nSPS) is 16.9. The van der Waals surface area contributed by atoms with Gasteiger partial charge in [-0.1, -0.05) is 66.8 Å². The molecule has 118 valence electrons. The van der Waals surface area contributed by atoms with Gasteiger partial charge < -0.3 is 10.0 Å². The highest BCUT2D eigenvalue weighted by molar-refractivity contribution is 5.70. The minimum Gasteiger partial charge on any atom is -0.392 e. The Labute approximate surface area is 138 Å². The molecule has 1 aliphatic carbocycles. The van der Waals surface area contributed by atoms with E-state index in [2.05, 4.69) is 73.6 Å². The summed E-state index contributed by atoms with van der Waals surface area (Å²) < 4.78 is 0. The van der Waals surface area contributed by atoms with Crippen molar-refractivity contribution in [2.24, 2.45) is 0 Å². The van der Waals surface area contributed by atoms with Gasteiger partial charge in [0.1, 0.15) is 0 Å². The second-order valence-corrected chi connectivity index (χ2v) is 6.28. The number of likely N-dealkylation sites (N-methyl/N-ethyl adjacent to an activating group) is 1. The monoisotopic (exact) mass is 305 g/mol. The van der Waals surface area contributed by atoms with Gasteiger partial charge >= 0.3 is 0 Å². The van der Waals surface area contributed by atoms with Gasteiger partial charge in [-0.3, -0.25) is 0 Å². The number of aliphatic hydroxyl groups excluding tert-OH is 1. The number of hydrogen-bond donors (Lipinski definition) is 1. The van der Waals surface area contributed by atoms with Crippen molar-refractivity contribution in [2.45, 2.75) is 12.5 Å². The summed E-state index contributed by atoms with van der Waals surface area (Å²) in [6.07, 6.45) is 6.67. The van der Waals surface area contributed by atoms with Gasteiger partial charge in [0, 0.05) is 12.5 Å². The molecule has 0 saturated heterocycles. The first-order valence-corrected chi connectivity index (χ1v) is 8.00. The molecule has 3 rings (SSSR count). The molecule has 0 amide bonds. The summed E-state index contributed by atoms with van der Waals surface area (Å²) in [6, 6.07) is 16.8. The first kappa shape index (κ1) is 15.7. The third-order valence-corrected chi connectivity index (χ3v) is 4.26. The number of aliphatic hydroxyl groups is 1. The Morgan fingerprint density at radius 2 is 1.74 bits per heavy atom. The Bertz CT molecular complexity index is 726. The highest BCUT2D eigenvalue weighted by atomic mass is 16.3. The van der Waals surface area contributed by atoms with E-state index in [0.717, 1.165) is 12.1 Å². The quantitative estimate of drug-likeness (QED) is 0.903. The number of hydrogen-bond acceptors (Lipinski definition) is 2. The lowest BCUT2D eigenvalue weighted by atomic mass is 9.87. The standard InChI is InChI=1S/C21H23NO/c1-22(2)14-18-6-5-9-20(18)21-8-4-3-7-19(21)17-12-10-16(15-23)11-13-17/h3-13,20,23H,14-15H2,1-2H3. The summed E-state index contributed by atoms with van der Waals surface area (Å²) in [4.78, 5) is 2.21. The van der Waals surface area contributed by atoms with Crippen molar-refractivity contribution in [3.63, 3.8) is 0 Å². The first-order chi connectivity index (χ1) is 11.2. The first-order valence-electron chi connectivity index (χ1n) is 8.00. The summed E-state index contributed by atoms with van der Waals surface area (Å²) >= 11 is 0. The smallest absolute Gasteiger partial charge is 0.0681 e. The van der Waals surface area contributed by atoms with Crippen LogP contribution in [0.15, 0.2) is 72.3 Å². The van der Waals surface area contributed by atoms with Gasteiger partial charge in [0.05, 0.1) is 6.61 Å². The van der Waals surface area contributed by atoms with Crippen molar-refractivity contribution in [1.82, 2.24) is 4.90 Å². The fourth-order valence-corrected chi connectivity index (χ4v) is 3.16. The zero-order valence-electron chi connectivity index (χ0n) is 13.7. The van der Waals surface area contributed by atoms with Crippen molar-refractivity contribution in [2.75, 3.05) is 20.6 Å². The van der Waals surface area contributed by atoms with E-state index in [4.69, 9.17) is 0 Å². The number of benzene rings is 2. The molecule has 2 aromatic carbocycles. The van der Waals surface area contributed by atoms with Crippen LogP contribution in [0, 0.1) is 0 Å². The van der Waals surface area contributed by atoms with Crippen LogP contribution in [-0.4, -0.2) is 30.6 Å². The van der Waals surface area contributed by atoms with E-state index in [-0.39, 0.29) is 6.61 Å². The summed E-state index contributed by atoms with van der Waals surface area (Å²) in [7, 11) is 4.21. The molecule has 0 fully saturated rings. The number of allylic oxidation sites excluding steroid dienone is 3. The van der Waals surface area contributed by atoms with Crippen molar-refractivity contribution in [3.05, 3.63) is 83.5 Å². The van der Waals surface area contributed by atoms with Crippen molar-refractivity contribution >= 4 is 0 Å². The van der Waals surface area contributed by atoms with Crippen LogP contribution in [0.3, 0.4) is 0 Å². The molecule has 1 unspecified atom stereocenters.